The van der Waals surface area contributed by atoms with Crippen molar-refractivity contribution in [3.63, 3.8) is 0 Å². The molecule has 0 aliphatic carbocycles. The lowest BCUT2D eigenvalue weighted by molar-refractivity contribution is 0.231. The fraction of sp³-hybridized carbons (Fsp3) is 1.00. The molecule has 2 saturated heterocycles. The van der Waals surface area contributed by atoms with Crippen LogP contribution in [0.5, 0.6) is 0 Å². The summed E-state index contributed by atoms with van der Waals surface area (Å²) in [6.45, 7) is 6.59. The predicted molar refractivity (Wildman–Crippen MR) is 47.6 cm³/mol. The first-order valence-corrected chi connectivity index (χ1v) is 5.01. The van der Waals surface area contributed by atoms with E-state index in [0.29, 0.717) is 5.41 Å². The second kappa shape index (κ2) is 2.78. The summed E-state index contributed by atoms with van der Waals surface area (Å²) in [5, 5.41) is 0. The Morgan fingerprint density at radius 3 is 2.82 bits per heavy atom. The summed E-state index contributed by atoms with van der Waals surface area (Å²) in [5.41, 5.74) is 0.695. The van der Waals surface area contributed by atoms with Crippen molar-refractivity contribution in [2.24, 2.45) is 5.41 Å². The van der Waals surface area contributed by atoms with Gasteiger partial charge in [0.25, 0.3) is 0 Å². The lowest BCUT2D eigenvalue weighted by Crippen LogP contribution is -2.27. The highest BCUT2D eigenvalue weighted by Gasteiger charge is 2.33. The van der Waals surface area contributed by atoms with E-state index in [2.05, 4.69) is 11.8 Å². The predicted octanol–water partition coefficient (Wildman–Crippen LogP) is 2.27. The minimum atomic E-state index is 0.695. The first kappa shape index (κ1) is 7.60. The Hall–Kier alpha value is -0.0400. The minimum Gasteiger partial charge on any atom is -0.303 e. The first-order valence-electron chi connectivity index (χ1n) is 5.01. The van der Waals surface area contributed by atoms with Crippen LogP contribution in [0.15, 0.2) is 0 Å². The topological polar surface area (TPSA) is 3.24 Å². The summed E-state index contributed by atoms with van der Waals surface area (Å²) in [4.78, 5) is 2.65. The van der Waals surface area contributed by atoms with Gasteiger partial charge in [-0.2, -0.15) is 0 Å². The van der Waals surface area contributed by atoms with Crippen LogP contribution in [-0.4, -0.2) is 24.5 Å². The summed E-state index contributed by atoms with van der Waals surface area (Å²) in [7, 11) is 0. The zero-order valence-electron chi connectivity index (χ0n) is 7.60. The Balaban J connectivity index is 2.02. The van der Waals surface area contributed by atoms with Crippen molar-refractivity contribution in [1.82, 2.24) is 4.90 Å². The van der Waals surface area contributed by atoms with Gasteiger partial charge in [-0.15, -0.1) is 0 Å². The van der Waals surface area contributed by atoms with Gasteiger partial charge in [0.2, 0.25) is 0 Å². The number of nitrogens with zero attached hydrogens (tertiary/aromatic N) is 1. The highest BCUT2D eigenvalue weighted by atomic mass is 15.2. The molecule has 0 aromatic rings. The quantitative estimate of drug-likeness (QED) is 0.516. The van der Waals surface area contributed by atoms with E-state index in [0.717, 1.165) is 0 Å². The molecule has 1 nitrogen and oxygen atoms in total. The standard InChI is InChI=1S/C10H19N/c1-10-5-3-2-4-7-11(9-10)8-6-10/h2-9H2,1H3. The molecule has 2 heterocycles. The third-order valence-corrected chi connectivity index (χ3v) is 3.39. The SMILES string of the molecule is CC12CCCCCN(CC1)C2. The van der Waals surface area contributed by atoms with Crippen LogP contribution in [0.25, 0.3) is 0 Å². The number of hydrogen-bond acceptors (Lipinski definition) is 1. The maximum atomic E-state index is 2.65. The molecule has 0 radical (unpaired) electrons. The minimum absolute atomic E-state index is 0.695. The molecule has 0 saturated carbocycles. The molecule has 11 heavy (non-hydrogen) atoms. The van der Waals surface area contributed by atoms with Crippen molar-refractivity contribution in [2.45, 2.75) is 39.0 Å². The molecule has 2 atom stereocenters. The largest absolute Gasteiger partial charge is 0.303 e. The Morgan fingerprint density at radius 2 is 1.91 bits per heavy atom. The van der Waals surface area contributed by atoms with Gasteiger partial charge in [0.15, 0.2) is 0 Å². The van der Waals surface area contributed by atoms with Gasteiger partial charge in [-0.1, -0.05) is 19.8 Å². The second-order valence-corrected chi connectivity index (χ2v) is 4.65. The van der Waals surface area contributed by atoms with Gasteiger partial charge in [0, 0.05) is 6.54 Å². The van der Waals surface area contributed by atoms with Crippen molar-refractivity contribution in [3.8, 4) is 0 Å². The van der Waals surface area contributed by atoms with E-state index < -0.39 is 0 Å². The van der Waals surface area contributed by atoms with Crippen molar-refractivity contribution in [2.75, 3.05) is 19.6 Å². The highest BCUT2D eigenvalue weighted by Crippen LogP contribution is 2.36. The normalized spacial score (nSPS) is 45.0. The van der Waals surface area contributed by atoms with Crippen molar-refractivity contribution >= 4 is 0 Å². The molecule has 2 aliphatic rings. The van der Waals surface area contributed by atoms with Gasteiger partial charge in [0.05, 0.1) is 0 Å². The van der Waals surface area contributed by atoms with Gasteiger partial charge in [-0.05, 0) is 37.8 Å². The Labute approximate surface area is 69.8 Å². The molecule has 2 rings (SSSR count). The smallest absolute Gasteiger partial charge is 0.00358 e. The molecule has 1 heteroatoms. The Morgan fingerprint density at radius 1 is 1.00 bits per heavy atom. The third-order valence-electron chi connectivity index (χ3n) is 3.39. The summed E-state index contributed by atoms with van der Waals surface area (Å²) in [6.07, 6.45) is 7.31. The van der Waals surface area contributed by atoms with Crippen LogP contribution in [0.4, 0.5) is 0 Å². The van der Waals surface area contributed by atoms with E-state index in [9.17, 15) is 0 Å². The van der Waals surface area contributed by atoms with Gasteiger partial charge < -0.3 is 4.90 Å². The van der Waals surface area contributed by atoms with Crippen LogP contribution in [0.3, 0.4) is 0 Å². The van der Waals surface area contributed by atoms with E-state index in [-0.39, 0.29) is 0 Å². The summed E-state index contributed by atoms with van der Waals surface area (Å²) in [6, 6.07) is 0. The fourth-order valence-corrected chi connectivity index (χ4v) is 2.58. The molecule has 2 aliphatic heterocycles. The van der Waals surface area contributed by atoms with E-state index in [1.54, 1.807) is 0 Å². The van der Waals surface area contributed by atoms with Gasteiger partial charge >= 0.3 is 0 Å². The number of hydrogen-bond donors (Lipinski definition) is 0. The zero-order valence-corrected chi connectivity index (χ0v) is 7.60. The van der Waals surface area contributed by atoms with E-state index in [1.807, 2.05) is 0 Å². The molecule has 2 bridgehead atoms. The van der Waals surface area contributed by atoms with Crippen LogP contribution >= 0.6 is 0 Å². The third kappa shape index (κ3) is 1.58. The summed E-state index contributed by atoms with van der Waals surface area (Å²) in [5.74, 6) is 0. The van der Waals surface area contributed by atoms with Crippen molar-refractivity contribution < 1.29 is 0 Å². The second-order valence-electron chi connectivity index (χ2n) is 4.65. The average Bonchev–Trinajstić information content (AvgIpc) is 2.31. The Kier molecular flexibility index (Phi) is 1.92. The van der Waals surface area contributed by atoms with Crippen LogP contribution < -0.4 is 0 Å². The molecule has 0 aromatic carbocycles. The molecule has 0 N–H and O–H groups in total. The van der Waals surface area contributed by atoms with Crippen LogP contribution in [0.2, 0.25) is 0 Å². The molecular formula is C10H19N. The highest BCUT2D eigenvalue weighted by molar-refractivity contribution is 4.87. The zero-order chi connectivity index (χ0) is 7.73. The fourth-order valence-electron chi connectivity index (χ4n) is 2.58. The van der Waals surface area contributed by atoms with Crippen molar-refractivity contribution in [3.05, 3.63) is 0 Å². The van der Waals surface area contributed by atoms with Gasteiger partial charge in [-0.25, -0.2) is 0 Å². The average molecular weight is 153 g/mol. The number of rotatable bonds is 0. The van der Waals surface area contributed by atoms with Crippen LogP contribution in [-0.2, 0) is 0 Å². The molecular weight excluding hydrogens is 134 g/mol. The molecule has 0 spiro atoms. The Bertz CT molecular complexity index is 142. The summed E-state index contributed by atoms with van der Waals surface area (Å²) >= 11 is 0. The molecule has 0 aromatic heterocycles. The summed E-state index contributed by atoms with van der Waals surface area (Å²) < 4.78 is 0. The van der Waals surface area contributed by atoms with Crippen LogP contribution in [0.1, 0.15) is 39.0 Å². The maximum Gasteiger partial charge on any atom is 0.00358 e. The molecule has 2 unspecified atom stereocenters. The van der Waals surface area contributed by atoms with E-state index in [4.69, 9.17) is 0 Å². The monoisotopic (exact) mass is 153 g/mol. The molecule has 64 valence electrons. The molecule has 0 amide bonds. The maximum absolute atomic E-state index is 2.65. The van der Waals surface area contributed by atoms with Gasteiger partial charge in [-0.3, -0.25) is 0 Å². The molecule has 2 fully saturated rings. The number of fused-ring (bicyclic) bond motifs is 2. The van der Waals surface area contributed by atoms with Crippen molar-refractivity contribution in [1.29, 1.82) is 0 Å². The van der Waals surface area contributed by atoms with Gasteiger partial charge in [0.1, 0.15) is 0 Å². The first-order chi connectivity index (χ1) is 5.29. The van der Waals surface area contributed by atoms with Crippen LogP contribution in [0, 0.1) is 5.41 Å². The van der Waals surface area contributed by atoms with E-state index >= 15 is 0 Å². The lowest BCUT2D eigenvalue weighted by Gasteiger charge is -2.27. The lowest BCUT2D eigenvalue weighted by atomic mass is 9.83. The van der Waals surface area contributed by atoms with E-state index in [1.165, 1.54) is 51.7 Å².